The van der Waals surface area contributed by atoms with Crippen molar-refractivity contribution in [1.82, 2.24) is 5.32 Å². The maximum Gasteiger partial charge on any atom is 0.244 e. The first-order valence-electron chi connectivity index (χ1n) is 8.33. The highest BCUT2D eigenvalue weighted by atomic mass is 35.5. The van der Waals surface area contributed by atoms with Gasteiger partial charge in [0, 0.05) is 6.08 Å². The number of hydrogen-bond acceptors (Lipinski definition) is 4. The van der Waals surface area contributed by atoms with Gasteiger partial charge >= 0.3 is 0 Å². The van der Waals surface area contributed by atoms with Crippen molar-refractivity contribution in [3.63, 3.8) is 0 Å². The van der Waals surface area contributed by atoms with Crippen molar-refractivity contribution in [1.29, 1.82) is 0 Å². The van der Waals surface area contributed by atoms with Crippen molar-refractivity contribution >= 4 is 35.2 Å². The van der Waals surface area contributed by atoms with Gasteiger partial charge in [-0.2, -0.15) is 0 Å². The van der Waals surface area contributed by atoms with E-state index < -0.39 is 41.5 Å². The van der Waals surface area contributed by atoms with Gasteiger partial charge in [-0.05, 0) is 35.9 Å². The lowest BCUT2D eigenvalue weighted by atomic mass is 10.1. The fourth-order valence-corrected chi connectivity index (χ4v) is 2.72. The van der Waals surface area contributed by atoms with E-state index in [-0.39, 0.29) is 0 Å². The van der Waals surface area contributed by atoms with E-state index in [9.17, 15) is 22.8 Å². The van der Waals surface area contributed by atoms with Crippen molar-refractivity contribution in [2.75, 3.05) is 25.1 Å². The van der Waals surface area contributed by atoms with E-state index in [1.54, 1.807) is 12.1 Å². The third kappa shape index (κ3) is 5.00. The van der Waals surface area contributed by atoms with Crippen LogP contribution in [-0.2, 0) is 9.59 Å². The van der Waals surface area contributed by atoms with Crippen molar-refractivity contribution in [2.45, 2.75) is 0 Å². The lowest BCUT2D eigenvalue weighted by molar-refractivity contribution is -0.121. The molecule has 0 saturated carbocycles. The zero-order chi connectivity index (χ0) is 21.0. The highest BCUT2D eigenvalue weighted by Crippen LogP contribution is 2.38. The molecule has 0 atom stereocenters. The van der Waals surface area contributed by atoms with Crippen LogP contribution in [-0.4, -0.2) is 31.6 Å². The summed E-state index contributed by atoms with van der Waals surface area (Å²) in [4.78, 5) is 23.6. The average molecular weight is 427 g/mol. The number of nitrogens with one attached hydrogen (secondary N) is 2. The molecule has 0 unspecified atom stereocenters. The first-order chi connectivity index (χ1) is 13.8. The molecule has 6 nitrogen and oxygen atoms in total. The Labute approximate surface area is 168 Å². The number of carbonyl (C=O) groups is 2. The molecule has 0 aliphatic carbocycles. The summed E-state index contributed by atoms with van der Waals surface area (Å²) in [5.74, 6) is -5.15. The van der Waals surface area contributed by atoms with Crippen LogP contribution in [0.15, 0.2) is 30.3 Å². The quantitative estimate of drug-likeness (QED) is 0.568. The van der Waals surface area contributed by atoms with Crippen LogP contribution >= 0.6 is 11.6 Å². The molecular weight excluding hydrogens is 413 g/mol. The van der Waals surface area contributed by atoms with E-state index in [1.165, 1.54) is 6.08 Å². The number of amides is 2. The number of anilines is 1. The van der Waals surface area contributed by atoms with Crippen LogP contribution in [0, 0.1) is 17.5 Å². The van der Waals surface area contributed by atoms with Crippen LogP contribution < -0.4 is 20.1 Å². The third-order valence-electron chi connectivity index (χ3n) is 3.78. The van der Waals surface area contributed by atoms with Gasteiger partial charge in [0.05, 0.1) is 17.3 Å². The summed E-state index contributed by atoms with van der Waals surface area (Å²) in [6.45, 7) is 0.259. The Kier molecular flexibility index (Phi) is 6.28. The molecule has 2 amide bonds. The Morgan fingerprint density at radius 3 is 2.66 bits per heavy atom. The summed E-state index contributed by atoms with van der Waals surface area (Å²) in [5.41, 5.74) is 0.0346. The van der Waals surface area contributed by atoms with Gasteiger partial charge in [-0.25, -0.2) is 13.2 Å². The molecule has 0 spiro atoms. The van der Waals surface area contributed by atoms with Gasteiger partial charge in [-0.15, -0.1) is 0 Å². The van der Waals surface area contributed by atoms with Crippen LogP contribution in [0.5, 0.6) is 11.5 Å². The molecule has 3 rings (SSSR count). The van der Waals surface area contributed by atoms with Gasteiger partial charge in [0.1, 0.15) is 13.2 Å². The zero-order valence-corrected chi connectivity index (χ0v) is 15.5. The standard InChI is InChI=1S/C19H14ClF3N2O4/c20-11-7-10(8-14-19(11)29-6-5-28-14)1-4-15(26)24-9-16(27)25-13-3-2-12(21)17(22)18(13)23/h1-4,7-8H,5-6,9H2,(H,24,26)(H,25,27)/b4-1+. The Balaban J connectivity index is 1.55. The smallest absolute Gasteiger partial charge is 0.244 e. The predicted octanol–water partition coefficient (Wildman–Crippen LogP) is 3.30. The van der Waals surface area contributed by atoms with Gasteiger partial charge in [0.15, 0.2) is 29.0 Å². The molecule has 10 heteroatoms. The lowest BCUT2D eigenvalue weighted by Gasteiger charge is -2.19. The molecule has 1 aliphatic heterocycles. The van der Waals surface area contributed by atoms with E-state index in [0.717, 1.165) is 12.1 Å². The molecule has 0 saturated heterocycles. The monoisotopic (exact) mass is 426 g/mol. The molecule has 1 aliphatic rings. The number of halogens is 4. The number of rotatable bonds is 5. The van der Waals surface area contributed by atoms with E-state index in [2.05, 4.69) is 5.32 Å². The van der Waals surface area contributed by atoms with E-state index >= 15 is 0 Å². The molecule has 2 aromatic carbocycles. The lowest BCUT2D eigenvalue weighted by Crippen LogP contribution is -2.32. The maximum atomic E-state index is 13.5. The molecule has 152 valence electrons. The number of hydrogen-bond donors (Lipinski definition) is 2. The van der Waals surface area contributed by atoms with E-state index in [0.29, 0.717) is 41.4 Å². The molecule has 2 aromatic rings. The highest BCUT2D eigenvalue weighted by Gasteiger charge is 2.17. The Morgan fingerprint density at radius 1 is 1.10 bits per heavy atom. The van der Waals surface area contributed by atoms with Crippen LogP contribution in [0.25, 0.3) is 6.08 Å². The molecular formula is C19H14ClF3N2O4. The summed E-state index contributed by atoms with van der Waals surface area (Å²) < 4.78 is 50.4. The molecule has 0 fully saturated rings. The van der Waals surface area contributed by atoms with Gasteiger partial charge in [0.2, 0.25) is 11.8 Å². The number of ether oxygens (including phenoxy) is 2. The summed E-state index contributed by atoms with van der Waals surface area (Å²) in [7, 11) is 0. The zero-order valence-electron chi connectivity index (χ0n) is 14.7. The topological polar surface area (TPSA) is 76.7 Å². The van der Waals surface area contributed by atoms with Crippen LogP contribution in [0.1, 0.15) is 5.56 Å². The van der Waals surface area contributed by atoms with E-state index in [4.69, 9.17) is 21.1 Å². The fourth-order valence-electron chi connectivity index (χ4n) is 2.44. The summed E-state index contributed by atoms with van der Waals surface area (Å²) in [5, 5.41) is 4.65. The van der Waals surface area contributed by atoms with Crippen molar-refractivity contribution in [2.24, 2.45) is 0 Å². The normalized spacial score (nSPS) is 12.7. The molecule has 1 heterocycles. The predicted molar refractivity (Wildman–Crippen MR) is 99.4 cm³/mol. The summed E-state index contributed by atoms with van der Waals surface area (Å²) in [6.07, 6.45) is 2.61. The van der Waals surface area contributed by atoms with Crippen LogP contribution in [0.2, 0.25) is 5.02 Å². The first-order valence-corrected chi connectivity index (χ1v) is 8.71. The van der Waals surface area contributed by atoms with Crippen molar-refractivity contribution in [3.8, 4) is 11.5 Å². The molecule has 29 heavy (non-hydrogen) atoms. The number of fused-ring (bicyclic) bond motifs is 1. The summed E-state index contributed by atoms with van der Waals surface area (Å²) in [6, 6.07) is 4.77. The molecule has 2 N–H and O–H groups in total. The average Bonchev–Trinajstić information content (AvgIpc) is 2.71. The second-order valence-corrected chi connectivity index (χ2v) is 6.26. The molecule has 0 bridgehead atoms. The van der Waals surface area contributed by atoms with Crippen molar-refractivity contribution in [3.05, 3.63) is 58.4 Å². The SMILES string of the molecule is O=C(/C=C/c1cc(Cl)c2c(c1)OCCO2)NCC(=O)Nc1ccc(F)c(F)c1F. The maximum absolute atomic E-state index is 13.5. The van der Waals surface area contributed by atoms with Crippen LogP contribution in [0.4, 0.5) is 18.9 Å². The van der Waals surface area contributed by atoms with Gasteiger partial charge < -0.3 is 20.1 Å². The second-order valence-electron chi connectivity index (χ2n) is 5.85. The second kappa shape index (κ2) is 8.87. The minimum atomic E-state index is -1.70. The van der Waals surface area contributed by atoms with Crippen molar-refractivity contribution < 1.29 is 32.2 Å². The van der Waals surface area contributed by atoms with Gasteiger partial charge in [0.25, 0.3) is 0 Å². The first kappa shape index (κ1) is 20.5. The largest absolute Gasteiger partial charge is 0.486 e. The van der Waals surface area contributed by atoms with Crippen LogP contribution in [0.3, 0.4) is 0 Å². The highest BCUT2D eigenvalue weighted by molar-refractivity contribution is 6.32. The third-order valence-corrected chi connectivity index (χ3v) is 4.06. The van der Waals surface area contributed by atoms with E-state index in [1.807, 2.05) is 5.32 Å². The minimum Gasteiger partial charge on any atom is -0.486 e. The molecule has 0 radical (unpaired) electrons. The Hall–Kier alpha value is -3.20. The Morgan fingerprint density at radius 2 is 1.86 bits per heavy atom. The van der Waals surface area contributed by atoms with Gasteiger partial charge in [-0.3, -0.25) is 9.59 Å². The fraction of sp³-hybridized carbons (Fsp3) is 0.158. The minimum absolute atomic E-state index is 0.329. The number of benzene rings is 2. The molecule has 0 aromatic heterocycles. The summed E-state index contributed by atoms with van der Waals surface area (Å²) >= 11 is 6.10. The Bertz CT molecular complexity index is 998. The van der Waals surface area contributed by atoms with Gasteiger partial charge in [-0.1, -0.05) is 11.6 Å². The number of carbonyl (C=O) groups excluding carboxylic acids is 2.